The van der Waals surface area contributed by atoms with E-state index in [1.54, 1.807) is 18.2 Å². The number of hydrogen-bond acceptors (Lipinski definition) is 5. The Kier molecular flexibility index (Phi) is 7.64. The van der Waals surface area contributed by atoms with Gasteiger partial charge in [-0.1, -0.05) is 41.9 Å². The Hall–Kier alpha value is -4.15. The second-order valence-electron chi connectivity index (χ2n) is 9.63. The topological polar surface area (TPSA) is 110 Å². The highest BCUT2D eigenvalue weighted by atomic mass is 35.5. The Morgan fingerprint density at radius 3 is 2.62 bits per heavy atom. The second kappa shape index (κ2) is 11.1. The van der Waals surface area contributed by atoms with E-state index in [1.165, 1.54) is 41.9 Å². The highest BCUT2D eigenvalue weighted by Gasteiger charge is 2.40. The summed E-state index contributed by atoms with van der Waals surface area (Å²) in [4.78, 5) is 39.5. The Labute approximate surface area is 233 Å². The van der Waals surface area contributed by atoms with Crippen LogP contribution in [0.15, 0.2) is 60.7 Å². The molecule has 40 heavy (non-hydrogen) atoms. The molecule has 3 N–H and O–H groups in total. The van der Waals surface area contributed by atoms with E-state index in [1.807, 2.05) is 12.1 Å². The SMILES string of the molecule is CC(=O)c1ccc(Cl)c(-c2cccc(NC(=O)[C@@H]3C[C@@H](F)CN3C(=O)Cn3nc(CN)c4ccccc43)c2F)c1. The number of anilines is 1. The van der Waals surface area contributed by atoms with Gasteiger partial charge >= 0.3 is 0 Å². The van der Waals surface area contributed by atoms with Gasteiger partial charge in [-0.15, -0.1) is 0 Å². The summed E-state index contributed by atoms with van der Waals surface area (Å²) in [5, 5.41) is 7.96. The third-order valence-electron chi connectivity index (χ3n) is 7.01. The molecule has 0 aliphatic carbocycles. The molecular formula is C29H26ClF2N5O3. The number of aromatic nitrogens is 2. The molecule has 1 aliphatic rings. The molecule has 1 aromatic heterocycles. The molecule has 2 atom stereocenters. The van der Waals surface area contributed by atoms with Crippen LogP contribution in [0.4, 0.5) is 14.5 Å². The number of fused-ring (bicyclic) bond motifs is 1. The first-order valence-electron chi connectivity index (χ1n) is 12.7. The molecule has 2 heterocycles. The van der Waals surface area contributed by atoms with Crippen molar-refractivity contribution in [2.45, 2.75) is 38.6 Å². The molecule has 206 valence electrons. The predicted octanol–water partition coefficient (Wildman–Crippen LogP) is 4.73. The van der Waals surface area contributed by atoms with Gasteiger partial charge in [-0.25, -0.2) is 8.78 Å². The van der Waals surface area contributed by atoms with E-state index in [2.05, 4.69) is 10.4 Å². The van der Waals surface area contributed by atoms with E-state index in [9.17, 15) is 18.8 Å². The van der Waals surface area contributed by atoms with Crippen molar-refractivity contribution in [3.8, 4) is 11.1 Å². The van der Waals surface area contributed by atoms with Crippen LogP contribution < -0.4 is 11.1 Å². The summed E-state index contributed by atoms with van der Waals surface area (Å²) < 4.78 is 31.6. The third kappa shape index (κ3) is 5.20. The molecule has 0 bridgehead atoms. The third-order valence-corrected chi connectivity index (χ3v) is 7.34. The highest BCUT2D eigenvalue weighted by molar-refractivity contribution is 6.33. The minimum Gasteiger partial charge on any atom is -0.326 e. The van der Waals surface area contributed by atoms with E-state index < -0.39 is 29.8 Å². The molecule has 5 rings (SSSR count). The number of carbonyl (C=O) groups is 3. The molecule has 1 fully saturated rings. The number of nitrogens with one attached hydrogen (secondary N) is 1. The van der Waals surface area contributed by atoms with E-state index >= 15 is 4.39 Å². The van der Waals surface area contributed by atoms with Gasteiger partial charge in [-0.2, -0.15) is 5.10 Å². The van der Waals surface area contributed by atoms with Crippen LogP contribution in [-0.2, 0) is 22.7 Å². The summed E-state index contributed by atoms with van der Waals surface area (Å²) in [5.41, 5.74) is 7.67. The van der Waals surface area contributed by atoms with Gasteiger partial charge in [-0.3, -0.25) is 19.1 Å². The van der Waals surface area contributed by atoms with E-state index in [0.29, 0.717) is 16.8 Å². The zero-order chi connectivity index (χ0) is 28.6. The number of carbonyl (C=O) groups excluding carboxylic acids is 3. The van der Waals surface area contributed by atoms with E-state index in [-0.39, 0.29) is 53.7 Å². The number of nitrogens with two attached hydrogens (primary N) is 1. The summed E-state index contributed by atoms with van der Waals surface area (Å²) in [6.45, 7) is 1.08. The molecule has 1 aliphatic heterocycles. The number of rotatable bonds is 7. The van der Waals surface area contributed by atoms with Crippen LogP contribution in [0, 0.1) is 5.82 Å². The molecule has 1 saturated heterocycles. The van der Waals surface area contributed by atoms with Gasteiger partial charge in [0, 0.05) is 40.1 Å². The Balaban J connectivity index is 1.38. The predicted molar refractivity (Wildman–Crippen MR) is 148 cm³/mol. The Morgan fingerprint density at radius 2 is 1.88 bits per heavy atom. The van der Waals surface area contributed by atoms with Gasteiger partial charge in [-0.05, 0) is 37.3 Å². The maximum atomic E-state index is 15.6. The smallest absolute Gasteiger partial charge is 0.247 e. The second-order valence-corrected chi connectivity index (χ2v) is 10.0. The van der Waals surface area contributed by atoms with Crippen LogP contribution in [0.3, 0.4) is 0 Å². The first-order chi connectivity index (χ1) is 19.2. The maximum Gasteiger partial charge on any atom is 0.247 e. The Bertz CT molecular complexity index is 1640. The Morgan fingerprint density at radius 1 is 1.10 bits per heavy atom. The largest absolute Gasteiger partial charge is 0.326 e. The van der Waals surface area contributed by atoms with Crippen LogP contribution in [0.1, 0.15) is 29.4 Å². The zero-order valence-electron chi connectivity index (χ0n) is 21.5. The van der Waals surface area contributed by atoms with Crippen LogP contribution in [0.25, 0.3) is 22.0 Å². The minimum absolute atomic E-state index is 0.0786. The number of ketones is 1. The first kappa shape index (κ1) is 27.4. The van der Waals surface area contributed by atoms with Crippen molar-refractivity contribution in [1.82, 2.24) is 14.7 Å². The normalized spacial score (nSPS) is 16.9. The lowest BCUT2D eigenvalue weighted by Crippen LogP contribution is -2.44. The lowest BCUT2D eigenvalue weighted by atomic mass is 10.00. The maximum absolute atomic E-state index is 15.6. The average Bonchev–Trinajstić information content (AvgIpc) is 3.50. The number of para-hydroxylation sites is 1. The number of likely N-dealkylation sites (tertiary alicyclic amines) is 1. The van der Waals surface area contributed by atoms with Crippen molar-refractivity contribution in [2.24, 2.45) is 5.73 Å². The summed E-state index contributed by atoms with van der Waals surface area (Å²) in [6, 6.07) is 15.0. The molecule has 4 aromatic rings. The van der Waals surface area contributed by atoms with E-state index in [4.69, 9.17) is 17.3 Å². The number of amides is 2. The highest BCUT2D eigenvalue weighted by Crippen LogP contribution is 2.34. The zero-order valence-corrected chi connectivity index (χ0v) is 22.3. The summed E-state index contributed by atoms with van der Waals surface area (Å²) in [7, 11) is 0. The van der Waals surface area contributed by atoms with Crippen molar-refractivity contribution in [1.29, 1.82) is 0 Å². The molecule has 0 unspecified atom stereocenters. The fraction of sp³-hybridized carbons (Fsp3) is 0.241. The van der Waals surface area contributed by atoms with Crippen LogP contribution in [0.5, 0.6) is 0 Å². The quantitative estimate of drug-likeness (QED) is 0.315. The molecule has 0 spiro atoms. The molecular weight excluding hydrogens is 540 g/mol. The lowest BCUT2D eigenvalue weighted by Gasteiger charge is -2.24. The lowest BCUT2D eigenvalue weighted by molar-refractivity contribution is -0.137. The molecule has 2 amide bonds. The number of hydrogen-bond donors (Lipinski definition) is 2. The molecule has 3 aromatic carbocycles. The molecule has 0 radical (unpaired) electrons. The van der Waals surface area contributed by atoms with Crippen molar-refractivity contribution in [3.05, 3.63) is 82.8 Å². The first-order valence-corrected chi connectivity index (χ1v) is 13.0. The van der Waals surface area contributed by atoms with Crippen LogP contribution in [0.2, 0.25) is 5.02 Å². The number of benzene rings is 3. The summed E-state index contributed by atoms with van der Waals surface area (Å²) in [6.07, 6.45) is -1.64. The van der Waals surface area contributed by atoms with Gasteiger partial charge in [0.25, 0.3) is 0 Å². The standard InChI is InChI=1S/C29H26ClF2N5O3/c1-16(38)17-9-10-22(30)21(11-17)19-6-4-7-23(28(19)32)34-29(40)26-12-18(31)14-36(26)27(39)15-37-25-8-3-2-5-20(25)24(13-33)35-37/h2-11,18,26H,12-15,33H2,1H3,(H,34,40)/t18-,26+/m1/s1. The van der Waals surface area contributed by atoms with Gasteiger partial charge in [0.15, 0.2) is 11.6 Å². The summed E-state index contributed by atoms with van der Waals surface area (Å²) in [5.74, 6) is -2.21. The van der Waals surface area contributed by atoms with Gasteiger partial charge in [0.05, 0.1) is 23.4 Å². The fourth-order valence-corrected chi connectivity index (χ4v) is 5.22. The number of nitrogens with zero attached hydrogens (tertiary/aromatic N) is 3. The van der Waals surface area contributed by atoms with Gasteiger partial charge < -0.3 is 16.0 Å². The number of alkyl halides is 1. The van der Waals surface area contributed by atoms with Crippen molar-refractivity contribution in [2.75, 3.05) is 11.9 Å². The average molecular weight is 566 g/mol. The molecule has 8 nitrogen and oxygen atoms in total. The molecule has 0 saturated carbocycles. The van der Waals surface area contributed by atoms with Crippen molar-refractivity contribution >= 4 is 45.8 Å². The number of Topliss-reactive ketones (excluding diaryl/α,β-unsaturated/α-hetero) is 1. The monoisotopic (exact) mass is 565 g/mol. The molecule has 11 heteroatoms. The van der Waals surface area contributed by atoms with E-state index in [0.717, 1.165) is 10.3 Å². The van der Waals surface area contributed by atoms with Crippen molar-refractivity contribution in [3.63, 3.8) is 0 Å². The fourth-order valence-electron chi connectivity index (χ4n) is 5.00. The minimum atomic E-state index is -1.42. The summed E-state index contributed by atoms with van der Waals surface area (Å²) >= 11 is 6.29. The van der Waals surface area contributed by atoms with Crippen molar-refractivity contribution < 1.29 is 23.2 Å². The van der Waals surface area contributed by atoms with Gasteiger partial charge in [0.2, 0.25) is 11.8 Å². The van der Waals surface area contributed by atoms with Gasteiger partial charge in [0.1, 0.15) is 18.8 Å². The van der Waals surface area contributed by atoms with Crippen LogP contribution in [-0.4, -0.2) is 51.0 Å². The number of halogens is 3. The van der Waals surface area contributed by atoms with Crippen LogP contribution >= 0.6 is 11.6 Å².